The highest BCUT2D eigenvalue weighted by atomic mass is 16.5. The molecule has 0 saturated heterocycles. The molecule has 0 rings (SSSR count). The first-order chi connectivity index (χ1) is 28.0. The fourth-order valence-electron chi connectivity index (χ4n) is 6.99. The van der Waals surface area contributed by atoms with Crippen molar-refractivity contribution >= 4 is 11.9 Å². The molecule has 0 heterocycles. The van der Waals surface area contributed by atoms with Gasteiger partial charge in [0.05, 0.1) is 25.2 Å². The first kappa shape index (κ1) is 54.6. The van der Waals surface area contributed by atoms with Crippen molar-refractivity contribution in [1.29, 1.82) is 0 Å². The summed E-state index contributed by atoms with van der Waals surface area (Å²) >= 11 is 0. The lowest BCUT2D eigenvalue weighted by Gasteiger charge is -2.24. The molecular formula is C51H91NO5. The zero-order chi connectivity index (χ0) is 41.7. The van der Waals surface area contributed by atoms with Crippen LogP contribution in [0.3, 0.4) is 0 Å². The largest absolute Gasteiger partial charge is 0.462 e. The first-order valence-electron chi connectivity index (χ1n) is 24.0. The number of carbonyl (C=O) groups is 2. The number of allylic oxidation sites excluding steroid dienone is 10. The number of esters is 1. The highest BCUT2D eigenvalue weighted by molar-refractivity contribution is 5.77. The standard InChI is InChI=1S/C51H91NO5/c1-4-7-10-13-16-19-21-23-24-25-26-27-29-32-35-38-41-44-51(56)57-47(42-39-36-33-31-28-22-20-17-14-11-8-5-2)45-50(55)52-48(46-53)49(54)43-40-37-34-30-18-15-12-9-6-3/h7,10,16,19,23-24,26-27,32,35,47-49,53-54H,4-6,8-9,11-15,17-18,20-22,25,28-31,33-34,36-46H2,1-3H3,(H,52,55)/b10-7-,19-16-,24-23-,27-26-,35-32-. The van der Waals surface area contributed by atoms with Gasteiger partial charge in [0.2, 0.25) is 5.91 Å². The van der Waals surface area contributed by atoms with Gasteiger partial charge in [0, 0.05) is 6.42 Å². The van der Waals surface area contributed by atoms with Crippen LogP contribution in [0.25, 0.3) is 0 Å². The van der Waals surface area contributed by atoms with Crippen molar-refractivity contribution in [2.75, 3.05) is 6.61 Å². The molecule has 0 bridgehead atoms. The molecule has 3 N–H and O–H groups in total. The Morgan fingerprint density at radius 2 is 0.930 bits per heavy atom. The molecule has 0 aliphatic heterocycles. The highest BCUT2D eigenvalue weighted by Crippen LogP contribution is 2.17. The predicted molar refractivity (Wildman–Crippen MR) is 245 cm³/mol. The molecule has 0 aromatic rings. The Bertz CT molecular complexity index is 1030. The average molecular weight is 798 g/mol. The third kappa shape index (κ3) is 40.1. The summed E-state index contributed by atoms with van der Waals surface area (Å²) in [6.45, 7) is 6.33. The third-order valence-electron chi connectivity index (χ3n) is 10.6. The van der Waals surface area contributed by atoms with Crippen LogP contribution in [-0.2, 0) is 14.3 Å². The Morgan fingerprint density at radius 3 is 1.37 bits per heavy atom. The van der Waals surface area contributed by atoms with Crippen molar-refractivity contribution < 1.29 is 24.5 Å². The fourth-order valence-corrected chi connectivity index (χ4v) is 6.99. The first-order valence-corrected chi connectivity index (χ1v) is 24.0. The maximum absolute atomic E-state index is 13.1. The van der Waals surface area contributed by atoms with E-state index in [1.54, 1.807) is 0 Å². The van der Waals surface area contributed by atoms with Crippen LogP contribution in [0.1, 0.15) is 226 Å². The summed E-state index contributed by atoms with van der Waals surface area (Å²) in [4.78, 5) is 26.0. The number of unbranched alkanes of at least 4 members (excludes halogenated alkanes) is 20. The Hall–Kier alpha value is -2.44. The van der Waals surface area contributed by atoms with Crippen LogP contribution in [0.2, 0.25) is 0 Å². The molecule has 0 fully saturated rings. The lowest BCUT2D eigenvalue weighted by atomic mass is 10.0. The minimum atomic E-state index is -0.795. The number of hydrogen-bond acceptors (Lipinski definition) is 5. The van der Waals surface area contributed by atoms with Gasteiger partial charge in [0.1, 0.15) is 6.10 Å². The van der Waals surface area contributed by atoms with Crippen molar-refractivity contribution in [2.45, 2.75) is 244 Å². The van der Waals surface area contributed by atoms with Crippen molar-refractivity contribution in [3.63, 3.8) is 0 Å². The number of ether oxygens (including phenoxy) is 1. The Balaban J connectivity index is 4.66. The number of amides is 1. The normalized spacial score (nSPS) is 13.8. The van der Waals surface area contributed by atoms with Gasteiger partial charge in [-0.3, -0.25) is 9.59 Å². The van der Waals surface area contributed by atoms with E-state index < -0.39 is 18.2 Å². The van der Waals surface area contributed by atoms with Crippen LogP contribution in [0.5, 0.6) is 0 Å². The van der Waals surface area contributed by atoms with E-state index in [2.05, 4.69) is 86.8 Å². The van der Waals surface area contributed by atoms with E-state index in [0.717, 1.165) is 77.0 Å². The van der Waals surface area contributed by atoms with E-state index in [9.17, 15) is 19.8 Å². The minimum absolute atomic E-state index is 0.0554. The summed E-state index contributed by atoms with van der Waals surface area (Å²) in [7, 11) is 0. The second-order valence-corrected chi connectivity index (χ2v) is 16.1. The zero-order valence-corrected chi connectivity index (χ0v) is 37.5. The third-order valence-corrected chi connectivity index (χ3v) is 10.6. The van der Waals surface area contributed by atoms with Crippen LogP contribution in [0.15, 0.2) is 60.8 Å². The van der Waals surface area contributed by atoms with E-state index in [-0.39, 0.29) is 24.9 Å². The number of hydrogen-bond donors (Lipinski definition) is 3. The molecule has 57 heavy (non-hydrogen) atoms. The van der Waals surface area contributed by atoms with Gasteiger partial charge in [-0.15, -0.1) is 0 Å². The Kier molecular flexibility index (Phi) is 42.7. The van der Waals surface area contributed by atoms with Crippen LogP contribution in [0.4, 0.5) is 0 Å². The summed E-state index contributed by atoms with van der Waals surface area (Å²) in [5.41, 5.74) is 0. The SMILES string of the molecule is CC/C=C\C/C=C\C/C=C\C/C=C\C/C=C\CCCC(=O)OC(CCCCCCCCCCCCCC)CC(=O)NC(CO)C(O)CCCCCCCCCCC. The molecule has 6 heteroatoms. The van der Waals surface area contributed by atoms with Gasteiger partial charge in [-0.05, 0) is 64.2 Å². The maximum atomic E-state index is 13.1. The molecule has 0 aliphatic rings. The molecule has 0 aromatic carbocycles. The predicted octanol–water partition coefficient (Wildman–Crippen LogP) is 14.1. The van der Waals surface area contributed by atoms with Gasteiger partial charge in [-0.1, -0.05) is 210 Å². The van der Waals surface area contributed by atoms with Gasteiger partial charge in [-0.2, -0.15) is 0 Å². The van der Waals surface area contributed by atoms with Crippen LogP contribution in [0, 0.1) is 0 Å². The lowest BCUT2D eigenvalue weighted by Crippen LogP contribution is -2.46. The topological polar surface area (TPSA) is 95.9 Å². The second kappa shape index (κ2) is 44.7. The van der Waals surface area contributed by atoms with E-state index in [4.69, 9.17) is 4.74 Å². The van der Waals surface area contributed by atoms with Gasteiger partial charge < -0.3 is 20.3 Å². The van der Waals surface area contributed by atoms with Gasteiger partial charge in [0.15, 0.2) is 0 Å². The summed E-state index contributed by atoms with van der Waals surface area (Å²) in [6, 6.07) is -0.710. The molecule has 0 radical (unpaired) electrons. The van der Waals surface area contributed by atoms with E-state index in [1.807, 2.05) is 0 Å². The number of carbonyl (C=O) groups excluding carboxylic acids is 2. The molecule has 3 unspecified atom stereocenters. The van der Waals surface area contributed by atoms with Gasteiger partial charge in [-0.25, -0.2) is 0 Å². The summed E-state index contributed by atoms with van der Waals surface area (Å²) in [6.07, 6.45) is 54.3. The van der Waals surface area contributed by atoms with Crippen molar-refractivity contribution in [3.05, 3.63) is 60.8 Å². The summed E-state index contributed by atoms with van der Waals surface area (Å²) < 4.78 is 5.89. The molecule has 0 saturated carbocycles. The fraction of sp³-hybridized carbons (Fsp3) is 0.765. The molecule has 330 valence electrons. The van der Waals surface area contributed by atoms with Crippen LogP contribution < -0.4 is 5.32 Å². The maximum Gasteiger partial charge on any atom is 0.306 e. The van der Waals surface area contributed by atoms with Crippen molar-refractivity contribution in [1.82, 2.24) is 5.32 Å². The molecule has 0 spiro atoms. The number of nitrogens with one attached hydrogen (secondary N) is 1. The quantitative estimate of drug-likeness (QED) is 0.0325. The molecule has 6 nitrogen and oxygen atoms in total. The van der Waals surface area contributed by atoms with Crippen molar-refractivity contribution in [3.8, 4) is 0 Å². The van der Waals surface area contributed by atoms with Crippen LogP contribution >= 0.6 is 0 Å². The number of aliphatic hydroxyl groups excluding tert-OH is 2. The monoisotopic (exact) mass is 798 g/mol. The number of aliphatic hydroxyl groups is 2. The lowest BCUT2D eigenvalue weighted by molar-refractivity contribution is -0.151. The summed E-state index contributed by atoms with van der Waals surface area (Å²) in [5, 5.41) is 23.6. The minimum Gasteiger partial charge on any atom is -0.462 e. The zero-order valence-electron chi connectivity index (χ0n) is 37.5. The second-order valence-electron chi connectivity index (χ2n) is 16.1. The molecule has 0 aliphatic carbocycles. The van der Waals surface area contributed by atoms with Gasteiger partial charge in [0.25, 0.3) is 0 Å². The van der Waals surface area contributed by atoms with E-state index in [1.165, 1.54) is 96.3 Å². The molecular weight excluding hydrogens is 707 g/mol. The highest BCUT2D eigenvalue weighted by Gasteiger charge is 2.24. The molecule has 3 atom stereocenters. The van der Waals surface area contributed by atoms with E-state index >= 15 is 0 Å². The van der Waals surface area contributed by atoms with E-state index in [0.29, 0.717) is 25.7 Å². The van der Waals surface area contributed by atoms with Crippen molar-refractivity contribution in [2.24, 2.45) is 0 Å². The molecule has 1 amide bonds. The average Bonchev–Trinajstić information content (AvgIpc) is 3.20. The van der Waals surface area contributed by atoms with Crippen LogP contribution in [-0.4, -0.2) is 46.9 Å². The Morgan fingerprint density at radius 1 is 0.526 bits per heavy atom. The smallest absolute Gasteiger partial charge is 0.306 e. The molecule has 0 aromatic heterocycles. The summed E-state index contributed by atoms with van der Waals surface area (Å²) in [5.74, 6) is -0.543. The van der Waals surface area contributed by atoms with Gasteiger partial charge >= 0.3 is 5.97 Å². The number of rotatable bonds is 42. The Labute approximate surface area is 352 Å².